The minimum Gasteiger partial charge on any atom is -0.348 e. The van der Waals surface area contributed by atoms with Crippen LogP contribution in [0, 0.1) is 13.8 Å². The zero-order chi connectivity index (χ0) is 20.8. The molecule has 150 valence electrons. The zero-order valence-electron chi connectivity index (χ0n) is 17.0. The lowest BCUT2D eigenvalue weighted by molar-refractivity contribution is -0.136. The third kappa shape index (κ3) is 4.90. The van der Waals surface area contributed by atoms with Gasteiger partial charge in [-0.15, -0.1) is 0 Å². The molecule has 0 atom stereocenters. The van der Waals surface area contributed by atoms with Gasteiger partial charge in [-0.2, -0.15) is 5.10 Å². The Balaban J connectivity index is 1.62. The number of aromatic nitrogens is 2. The highest BCUT2D eigenvalue weighted by atomic mass is 16.2. The van der Waals surface area contributed by atoms with Gasteiger partial charge >= 0.3 is 11.8 Å². The van der Waals surface area contributed by atoms with Crippen molar-refractivity contribution >= 4 is 17.5 Å². The second-order valence-corrected chi connectivity index (χ2v) is 7.04. The highest BCUT2D eigenvalue weighted by Crippen LogP contribution is 2.27. The monoisotopic (exact) mass is 390 g/mol. The van der Waals surface area contributed by atoms with E-state index in [0.717, 1.165) is 5.69 Å². The highest BCUT2D eigenvalue weighted by molar-refractivity contribution is 6.39. The Hall–Kier alpha value is -3.41. The fourth-order valence-corrected chi connectivity index (χ4v) is 3.43. The van der Waals surface area contributed by atoms with Crippen molar-refractivity contribution in [2.75, 3.05) is 11.9 Å². The van der Waals surface area contributed by atoms with Crippen molar-refractivity contribution in [3.05, 3.63) is 83.2 Å². The molecule has 3 rings (SSSR count). The summed E-state index contributed by atoms with van der Waals surface area (Å²) in [6, 6.07) is 20.3. The van der Waals surface area contributed by atoms with Gasteiger partial charge in [0, 0.05) is 19.5 Å². The van der Waals surface area contributed by atoms with Gasteiger partial charge in [-0.1, -0.05) is 60.7 Å². The van der Waals surface area contributed by atoms with Gasteiger partial charge in [0.25, 0.3) is 0 Å². The summed E-state index contributed by atoms with van der Waals surface area (Å²) in [6.07, 6.45) is 0.692. The smallest absolute Gasteiger partial charge is 0.313 e. The minimum atomic E-state index is -0.680. The number of benzene rings is 2. The third-order valence-electron chi connectivity index (χ3n) is 5.08. The van der Waals surface area contributed by atoms with Crippen LogP contribution in [-0.4, -0.2) is 28.1 Å². The largest absolute Gasteiger partial charge is 0.348 e. The number of hydrogen-bond donors (Lipinski definition) is 2. The van der Waals surface area contributed by atoms with Crippen molar-refractivity contribution in [3.8, 4) is 0 Å². The molecule has 0 bridgehead atoms. The second-order valence-electron chi connectivity index (χ2n) is 7.04. The SMILES string of the molecule is Cc1nn(C)c(C)c1NC(=O)C(=O)NCCC(c1ccccc1)c1ccccc1. The maximum atomic E-state index is 12.3. The van der Waals surface area contributed by atoms with Gasteiger partial charge < -0.3 is 10.6 Å². The van der Waals surface area contributed by atoms with Crippen molar-refractivity contribution < 1.29 is 9.59 Å². The van der Waals surface area contributed by atoms with Crippen LogP contribution in [0.1, 0.15) is 34.9 Å². The first-order valence-electron chi connectivity index (χ1n) is 9.66. The Kier molecular flexibility index (Phi) is 6.44. The number of nitrogens with zero attached hydrogens (tertiary/aromatic N) is 2. The summed E-state index contributed by atoms with van der Waals surface area (Å²) in [5.41, 5.74) is 4.42. The predicted molar refractivity (Wildman–Crippen MR) is 114 cm³/mol. The van der Waals surface area contributed by atoms with Gasteiger partial charge in [0.1, 0.15) is 0 Å². The topological polar surface area (TPSA) is 76.0 Å². The van der Waals surface area contributed by atoms with Crippen molar-refractivity contribution in [3.63, 3.8) is 0 Å². The van der Waals surface area contributed by atoms with E-state index >= 15 is 0 Å². The zero-order valence-corrected chi connectivity index (χ0v) is 17.0. The molecule has 3 aromatic rings. The van der Waals surface area contributed by atoms with Gasteiger partial charge in [-0.3, -0.25) is 14.3 Å². The van der Waals surface area contributed by atoms with Gasteiger partial charge in [-0.25, -0.2) is 0 Å². The molecule has 2 N–H and O–H groups in total. The molecular formula is C23H26N4O2. The van der Waals surface area contributed by atoms with E-state index < -0.39 is 11.8 Å². The van der Waals surface area contributed by atoms with E-state index in [1.54, 1.807) is 18.7 Å². The minimum absolute atomic E-state index is 0.142. The number of hydrogen-bond acceptors (Lipinski definition) is 3. The summed E-state index contributed by atoms with van der Waals surface area (Å²) in [5.74, 6) is -1.18. The number of nitrogens with one attached hydrogen (secondary N) is 2. The number of rotatable bonds is 6. The van der Waals surface area contributed by atoms with Crippen molar-refractivity contribution in [1.29, 1.82) is 0 Å². The van der Waals surface area contributed by atoms with E-state index in [9.17, 15) is 9.59 Å². The van der Waals surface area contributed by atoms with Crippen LogP contribution in [0.25, 0.3) is 0 Å². The Morgan fingerprint density at radius 3 is 1.97 bits per heavy atom. The van der Waals surface area contributed by atoms with Crippen LogP contribution >= 0.6 is 0 Å². The average molecular weight is 390 g/mol. The molecule has 0 fully saturated rings. The molecule has 0 saturated carbocycles. The number of aryl methyl sites for hydroxylation is 2. The van der Waals surface area contributed by atoms with Gasteiger partial charge in [0.2, 0.25) is 0 Å². The predicted octanol–water partition coefficient (Wildman–Crippen LogP) is 3.31. The molecule has 0 spiro atoms. The van der Waals surface area contributed by atoms with E-state index in [2.05, 4.69) is 40.0 Å². The molecule has 2 aromatic carbocycles. The summed E-state index contributed by atoms with van der Waals surface area (Å²) < 4.78 is 1.67. The Morgan fingerprint density at radius 2 is 1.48 bits per heavy atom. The van der Waals surface area contributed by atoms with Crippen LogP contribution in [0.15, 0.2) is 60.7 Å². The molecule has 0 aliphatic carbocycles. The molecular weight excluding hydrogens is 364 g/mol. The van der Waals surface area contributed by atoms with Crippen LogP contribution in [0.2, 0.25) is 0 Å². The summed E-state index contributed by atoms with van der Waals surface area (Å²) >= 11 is 0. The first kappa shape index (κ1) is 20.3. The Morgan fingerprint density at radius 1 is 0.931 bits per heavy atom. The van der Waals surface area contributed by atoms with Gasteiger partial charge in [0.15, 0.2) is 0 Å². The molecule has 6 heteroatoms. The summed E-state index contributed by atoms with van der Waals surface area (Å²) in [4.78, 5) is 24.6. The molecule has 29 heavy (non-hydrogen) atoms. The lowest BCUT2D eigenvalue weighted by Crippen LogP contribution is -2.36. The molecule has 1 aromatic heterocycles. The summed E-state index contributed by atoms with van der Waals surface area (Å²) in [6.45, 7) is 4.04. The molecule has 2 amide bonds. The first-order chi connectivity index (χ1) is 14.0. The lowest BCUT2D eigenvalue weighted by atomic mass is 9.88. The normalized spacial score (nSPS) is 10.8. The van der Waals surface area contributed by atoms with Crippen LogP contribution in [0.5, 0.6) is 0 Å². The quantitative estimate of drug-likeness (QED) is 0.634. The van der Waals surface area contributed by atoms with E-state index in [0.29, 0.717) is 24.3 Å². The lowest BCUT2D eigenvalue weighted by Gasteiger charge is -2.18. The Bertz CT molecular complexity index is 941. The van der Waals surface area contributed by atoms with Crippen LogP contribution in [-0.2, 0) is 16.6 Å². The van der Waals surface area contributed by atoms with Crippen molar-refractivity contribution in [2.24, 2.45) is 7.05 Å². The molecule has 0 unspecified atom stereocenters. The number of anilines is 1. The molecule has 0 saturated heterocycles. The summed E-state index contributed by atoms with van der Waals surface area (Å²) in [5, 5.41) is 9.65. The molecule has 6 nitrogen and oxygen atoms in total. The molecule has 1 heterocycles. The second kappa shape index (κ2) is 9.19. The summed E-state index contributed by atoms with van der Waals surface area (Å²) in [7, 11) is 1.80. The fourth-order valence-electron chi connectivity index (χ4n) is 3.43. The molecule has 0 aliphatic heterocycles. The Labute approximate surface area is 170 Å². The third-order valence-corrected chi connectivity index (χ3v) is 5.08. The van der Waals surface area contributed by atoms with Crippen molar-refractivity contribution in [2.45, 2.75) is 26.2 Å². The van der Waals surface area contributed by atoms with Crippen LogP contribution in [0.3, 0.4) is 0 Å². The van der Waals surface area contributed by atoms with Gasteiger partial charge in [-0.05, 0) is 31.4 Å². The van der Waals surface area contributed by atoms with E-state index in [-0.39, 0.29) is 5.92 Å². The van der Waals surface area contributed by atoms with E-state index in [1.165, 1.54) is 11.1 Å². The van der Waals surface area contributed by atoms with Crippen molar-refractivity contribution in [1.82, 2.24) is 15.1 Å². The maximum Gasteiger partial charge on any atom is 0.313 e. The molecule has 0 radical (unpaired) electrons. The van der Waals surface area contributed by atoms with Crippen LogP contribution in [0.4, 0.5) is 5.69 Å². The standard InChI is InChI=1S/C23H26N4O2/c1-16-21(17(2)27(3)26-16)25-23(29)22(28)24-15-14-20(18-10-6-4-7-11-18)19-12-8-5-9-13-19/h4-13,20H,14-15H2,1-3H3,(H,24,28)(H,25,29). The van der Waals surface area contributed by atoms with E-state index in [4.69, 9.17) is 0 Å². The first-order valence-corrected chi connectivity index (χ1v) is 9.66. The van der Waals surface area contributed by atoms with E-state index in [1.807, 2.05) is 43.3 Å². The van der Waals surface area contributed by atoms with Gasteiger partial charge in [0.05, 0.1) is 17.1 Å². The average Bonchev–Trinajstić information content (AvgIpc) is 2.98. The highest BCUT2D eigenvalue weighted by Gasteiger charge is 2.19. The maximum absolute atomic E-state index is 12.3. The number of carbonyl (C=O) groups excluding carboxylic acids is 2. The number of carbonyl (C=O) groups is 2. The molecule has 0 aliphatic rings. The number of amides is 2. The van der Waals surface area contributed by atoms with Crippen LogP contribution < -0.4 is 10.6 Å². The fraction of sp³-hybridized carbons (Fsp3) is 0.261.